The number of aromatic nitrogens is 1. The van der Waals surface area contributed by atoms with Crippen molar-refractivity contribution in [1.82, 2.24) is 4.98 Å². The summed E-state index contributed by atoms with van der Waals surface area (Å²) in [4.78, 5) is 4.73. The summed E-state index contributed by atoms with van der Waals surface area (Å²) in [5.74, 6) is 0. The largest absolute Gasteiger partial charge is 0.379 e. The Hall–Kier alpha value is -1.23. The lowest BCUT2D eigenvalue weighted by molar-refractivity contribution is -0.0550. The van der Waals surface area contributed by atoms with E-state index in [1.807, 2.05) is 0 Å². The van der Waals surface area contributed by atoms with Gasteiger partial charge in [-0.3, -0.25) is 0 Å². The molecule has 4 heteroatoms. The first-order valence-corrected chi connectivity index (χ1v) is 6.92. The minimum atomic E-state index is -0.0341. The van der Waals surface area contributed by atoms with Crippen LogP contribution in [0.4, 0.5) is 0 Å². The van der Waals surface area contributed by atoms with Crippen LogP contribution in [0.1, 0.15) is 10.6 Å². The van der Waals surface area contributed by atoms with E-state index < -0.39 is 0 Å². The minimum Gasteiger partial charge on any atom is -0.379 e. The molecule has 0 unspecified atom stereocenters. The van der Waals surface area contributed by atoms with Crippen molar-refractivity contribution in [2.45, 2.75) is 12.3 Å². The molecule has 0 radical (unpaired) electrons. The number of ether oxygens (including phenoxy) is 1. The molecule has 1 aromatic carbocycles. The Morgan fingerprint density at radius 3 is 2.61 bits per heavy atom. The molecule has 0 amide bonds. The first-order valence-electron chi connectivity index (χ1n) is 6.04. The second-order valence-corrected chi connectivity index (χ2v) is 5.74. The highest BCUT2D eigenvalue weighted by Gasteiger charge is 2.41. The van der Waals surface area contributed by atoms with Crippen molar-refractivity contribution in [2.75, 3.05) is 19.8 Å². The molecular formula is C14H16N2OS. The summed E-state index contributed by atoms with van der Waals surface area (Å²) in [6.45, 7) is 4.09. The number of thiazole rings is 1. The molecule has 1 aliphatic rings. The molecule has 18 heavy (non-hydrogen) atoms. The predicted octanol–water partition coefficient (Wildman–Crippen LogP) is 2.35. The minimum absolute atomic E-state index is 0.0341. The molecule has 94 valence electrons. The molecular weight excluding hydrogens is 244 g/mol. The molecule has 0 bridgehead atoms. The molecule has 2 aromatic rings. The summed E-state index contributed by atoms with van der Waals surface area (Å²) in [5, 5.41) is 3.21. The van der Waals surface area contributed by atoms with Crippen LogP contribution >= 0.6 is 11.3 Å². The lowest BCUT2D eigenvalue weighted by Crippen LogP contribution is -2.52. The quantitative estimate of drug-likeness (QED) is 0.921. The molecule has 2 N–H and O–H groups in total. The van der Waals surface area contributed by atoms with Gasteiger partial charge in [-0.2, -0.15) is 0 Å². The number of rotatable bonds is 3. The number of nitrogens with zero attached hydrogens (tertiary/aromatic N) is 1. The van der Waals surface area contributed by atoms with Gasteiger partial charge in [0.25, 0.3) is 0 Å². The van der Waals surface area contributed by atoms with E-state index in [9.17, 15) is 0 Å². The Balaban J connectivity index is 1.91. The maximum Gasteiger partial charge on any atom is 0.105 e. The Labute approximate surface area is 111 Å². The smallest absolute Gasteiger partial charge is 0.105 e. The first-order chi connectivity index (χ1) is 8.73. The number of benzene rings is 1. The Kier molecular flexibility index (Phi) is 2.93. The summed E-state index contributed by atoms with van der Waals surface area (Å²) >= 11 is 1.68. The van der Waals surface area contributed by atoms with E-state index in [1.165, 1.54) is 5.56 Å². The SMILES string of the molecule is Cc1ccc(-c2csc(C3(CN)COC3)n2)cc1. The van der Waals surface area contributed by atoms with Gasteiger partial charge in [-0.15, -0.1) is 11.3 Å². The maximum absolute atomic E-state index is 5.86. The topological polar surface area (TPSA) is 48.1 Å². The second kappa shape index (κ2) is 4.46. The van der Waals surface area contributed by atoms with Crippen molar-refractivity contribution in [2.24, 2.45) is 5.73 Å². The van der Waals surface area contributed by atoms with Gasteiger partial charge in [-0.1, -0.05) is 29.8 Å². The van der Waals surface area contributed by atoms with E-state index >= 15 is 0 Å². The van der Waals surface area contributed by atoms with E-state index in [1.54, 1.807) is 11.3 Å². The molecule has 1 aromatic heterocycles. The van der Waals surface area contributed by atoms with Crippen LogP contribution in [0.5, 0.6) is 0 Å². The standard InChI is InChI=1S/C14H16N2OS/c1-10-2-4-11(5-3-10)12-6-18-13(16-12)14(7-15)8-17-9-14/h2-6H,7-9,15H2,1H3. The van der Waals surface area contributed by atoms with Crippen molar-refractivity contribution in [1.29, 1.82) is 0 Å². The third-order valence-corrected chi connectivity index (χ3v) is 4.54. The molecule has 0 aliphatic carbocycles. The average Bonchev–Trinajstić information content (AvgIpc) is 2.79. The highest BCUT2D eigenvalue weighted by atomic mass is 32.1. The number of hydrogen-bond donors (Lipinski definition) is 1. The molecule has 2 heterocycles. The third-order valence-electron chi connectivity index (χ3n) is 3.45. The van der Waals surface area contributed by atoms with Crippen LogP contribution in [0.15, 0.2) is 29.6 Å². The monoisotopic (exact) mass is 260 g/mol. The highest BCUT2D eigenvalue weighted by Crippen LogP contribution is 2.35. The zero-order chi connectivity index (χ0) is 12.6. The van der Waals surface area contributed by atoms with Crippen molar-refractivity contribution in [3.05, 3.63) is 40.2 Å². The van der Waals surface area contributed by atoms with Crippen LogP contribution in [0, 0.1) is 6.92 Å². The fourth-order valence-corrected chi connectivity index (χ4v) is 3.07. The van der Waals surface area contributed by atoms with Gasteiger partial charge >= 0.3 is 0 Å². The van der Waals surface area contributed by atoms with Gasteiger partial charge in [-0.05, 0) is 6.92 Å². The lowest BCUT2D eigenvalue weighted by atomic mass is 9.87. The van der Waals surface area contributed by atoms with E-state index in [0.29, 0.717) is 19.8 Å². The predicted molar refractivity (Wildman–Crippen MR) is 73.8 cm³/mol. The molecule has 1 saturated heterocycles. The third kappa shape index (κ3) is 1.86. The van der Waals surface area contributed by atoms with Gasteiger partial charge < -0.3 is 10.5 Å². The molecule has 3 nitrogen and oxygen atoms in total. The number of hydrogen-bond acceptors (Lipinski definition) is 4. The van der Waals surface area contributed by atoms with Crippen molar-refractivity contribution >= 4 is 11.3 Å². The summed E-state index contributed by atoms with van der Waals surface area (Å²) in [5.41, 5.74) is 9.28. The van der Waals surface area contributed by atoms with Gasteiger partial charge in [0.05, 0.1) is 24.3 Å². The van der Waals surface area contributed by atoms with E-state index in [-0.39, 0.29) is 5.41 Å². The maximum atomic E-state index is 5.86. The zero-order valence-corrected chi connectivity index (χ0v) is 11.2. The van der Waals surface area contributed by atoms with Gasteiger partial charge in [0.1, 0.15) is 5.01 Å². The summed E-state index contributed by atoms with van der Waals surface area (Å²) < 4.78 is 5.30. The highest BCUT2D eigenvalue weighted by molar-refractivity contribution is 7.10. The Morgan fingerprint density at radius 2 is 2.06 bits per heavy atom. The summed E-state index contributed by atoms with van der Waals surface area (Å²) in [7, 11) is 0. The first kappa shape index (κ1) is 11.8. The van der Waals surface area contributed by atoms with Crippen LogP contribution in [-0.4, -0.2) is 24.7 Å². The summed E-state index contributed by atoms with van der Waals surface area (Å²) in [6.07, 6.45) is 0. The van der Waals surface area contributed by atoms with Crippen LogP contribution < -0.4 is 5.73 Å². The molecule has 0 saturated carbocycles. The van der Waals surface area contributed by atoms with E-state index in [0.717, 1.165) is 16.3 Å². The average molecular weight is 260 g/mol. The normalized spacial score (nSPS) is 17.4. The fourth-order valence-electron chi connectivity index (χ4n) is 2.05. The molecule has 0 spiro atoms. The van der Waals surface area contributed by atoms with Gasteiger partial charge in [0.15, 0.2) is 0 Å². The van der Waals surface area contributed by atoms with E-state index in [4.69, 9.17) is 15.5 Å². The lowest BCUT2D eigenvalue weighted by Gasteiger charge is -2.38. The second-order valence-electron chi connectivity index (χ2n) is 4.88. The fraction of sp³-hybridized carbons (Fsp3) is 0.357. The summed E-state index contributed by atoms with van der Waals surface area (Å²) in [6, 6.07) is 8.44. The van der Waals surface area contributed by atoms with Crippen LogP contribution in [-0.2, 0) is 10.2 Å². The molecule has 1 fully saturated rings. The van der Waals surface area contributed by atoms with Gasteiger partial charge in [0, 0.05) is 17.5 Å². The Morgan fingerprint density at radius 1 is 1.33 bits per heavy atom. The Bertz CT molecular complexity index is 538. The van der Waals surface area contributed by atoms with E-state index in [2.05, 4.69) is 36.6 Å². The number of nitrogens with two attached hydrogens (primary N) is 1. The van der Waals surface area contributed by atoms with Crippen LogP contribution in [0.2, 0.25) is 0 Å². The van der Waals surface area contributed by atoms with Crippen LogP contribution in [0.25, 0.3) is 11.3 Å². The van der Waals surface area contributed by atoms with Gasteiger partial charge in [0.2, 0.25) is 0 Å². The van der Waals surface area contributed by atoms with Crippen molar-refractivity contribution in [3.8, 4) is 11.3 Å². The van der Waals surface area contributed by atoms with Gasteiger partial charge in [-0.25, -0.2) is 4.98 Å². The molecule has 1 aliphatic heterocycles. The molecule has 3 rings (SSSR count). The number of aryl methyl sites for hydroxylation is 1. The van der Waals surface area contributed by atoms with Crippen molar-refractivity contribution in [3.63, 3.8) is 0 Å². The zero-order valence-electron chi connectivity index (χ0n) is 10.3. The van der Waals surface area contributed by atoms with Crippen molar-refractivity contribution < 1.29 is 4.74 Å². The van der Waals surface area contributed by atoms with Crippen LogP contribution in [0.3, 0.4) is 0 Å². The molecule has 0 atom stereocenters.